The van der Waals surface area contributed by atoms with Crippen molar-refractivity contribution in [1.29, 1.82) is 0 Å². The number of hydrogen-bond donors (Lipinski definition) is 1. The van der Waals surface area contributed by atoms with Crippen LogP contribution in [0.25, 0.3) is 0 Å². The van der Waals surface area contributed by atoms with Gasteiger partial charge < -0.3 is 15.0 Å². The molecular weight excluding hydrogens is 258 g/mol. The zero-order valence-corrected chi connectivity index (χ0v) is 13.2. The zero-order chi connectivity index (χ0) is 13.8. The molecule has 1 aliphatic heterocycles. The number of ether oxygens (including phenoxy) is 1. The molecule has 1 atom stereocenters. The summed E-state index contributed by atoms with van der Waals surface area (Å²) in [4.78, 5) is 8.46. The Morgan fingerprint density at radius 3 is 2.89 bits per heavy atom. The maximum Gasteiger partial charge on any atom is 0.185 e. The van der Waals surface area contributed by atoms with E-state index >= 15 is 0 Å². The van der Waals surface area contributed by atoms with E-state index in [1.54, 1.807) is 0 Å². The van der Waals surface area contributed by atoms with Crippen LogP contribution in [0.2, 0.25) is 0 Å². The van der Waals surface area contributed by atoms with Crippen LogP contribution in [-0.2, 0) is 17.7 Å². The van der Waals surface area contributed by atoms with Crippen molar-refractivity contribution in [2.75, 3.05) is 25.2 Å². The standard InChI is InChI=1S/C14H25N3OS/c1-5-12-13(8-15-10(2)3)19-14(16-12)17(4)11-6-7-18-9-11/h10-11,15H,5-9H2,1-4H3. The van der Waals surface area contributed by atoms with Gasteiger partial charge in [-0.2, -0.15) is 0 Å². The number of nitrogens with zero attached hydrogens (tertiary/aromatic N) is 2. The van der Waals surface area contributed by atoms with E-state index in [4.69, 9.17) is 9.72 Å². The zero-order valence-electron chi connectivity index (χ0n) is 12.4. The molecule has 0 spiro atoms. The highest BCUT2D eigenvalue weighted by Gasteiger charge is 2.23. The lowest BCUT2D eigenvalue weighted by molar-refractivity contribution is 0.193. The average molecular weight is 283 g/mol. The van der Waals surface area contributed by atoms with Gasteiger partial charge in [0.1, 0.15) is 0 Å². The van der Waals surface area contributed by atoms with E-state index in [0.29, 0.717) is 12.1 Å². The molecule has 4 nitrogen and oxygen atoms in total. The van der Waals surface area contributed by atoms with Crippen LogP contribution >= 0.6 is 11.3 Å². The van der Waals surface area contributed by atoms with Crippen molar-refractivity contribution < 1.29 is 4.74 Å². The highest BCUT2D eigenvalue weighted by atomic mass is 32.1. The predicted octanol–water partition coefficient (Wildman–Crippen LogP) is 2.43. The van der Waals surface area contributed by atoms with E-state index < -0.39 is 0 Å². The minimum Gasteiger partial charge on any atom is -0.379 e. The van der Waals surface area contributed by atoms with Gasteiger partial charge in [-0.15, -0.1) is 11.3 Å². The van der Waals surface area contributed by atoms with Gasteiger partial charge in [-0.1, -0.05) is 20.8 Å². The first-order valence-corrected chi connectivity index (χ1v) is 7.96. The molecule has 2 heterocycles. The molecule has 1 aromatic rings. The second-order valence-corrected chi connectivity index (χ2v) is 6.45. The summed E-state index contributed by atoms with van der Waals surface area (Å²) in [5, 5.41) is 4.62. The van der Waals surface area contributed by atoms with E-state index in [0.717, 1.165) is 37.7 Å². The lowest BCUT2D eigenvalue weighted by atomic mass is 10.2. The fourth-order valence-electron chi connectivity index (χ4n) is 2.22. The first-order chi connectivity index (χ1) is 9.11. The summed E-state index contributed by atoms with van der Waals surface area (Å²) < 4.78 is 5.46. The molecular formula is C14H25N3OS. The van der Waals surface area contributed by atoms with Gasteiger partial charge in [0.05, 0.1) is 18.3 Å². The van der Waals surface area contributed by atoms with E-state index in [1.807, 2.05) is 11.3 Å². The van der Waals surface area contributed by atoms with Crippen molar-refractivity contribution in [2.24, 2.45) is 0 Å². The van der Waals surface area contributed by atoms with Crippen molar-refractivity contribution in [3.05, 3.63) is 10.6 Å². The minimum atomic E-state index is 0.488. The van der Waals surface area contributed by atoms with E-state index in [2.05, 4.69) is 38.0 Å². The van der Waals surface area contributed by atoms with Crippen LogP contribution in [0, 0.1) is 0 Å². The number of aromatic nitrogens is 1. The molecule has 1 saturated heterocycles. The van der Waals surface area contributed by atoms with Crippen molar-refractivity contribution in [2.45, 2.75) is 52.2 Å². The lowest BCUT2D eigenvalue weighted by Gasteiger charge is -2.21. The number of rotatable bonds is 6. The molecule has 19 heavy (non-hydrogen) atoms. The summed E-state index contributed by atoms with van der Waals surface area (Å²) in [6.45, 7) is 9.16. The van der Waals surface area contributed by atoms with Gasteiger partial charge in [-0.3, -0.25) is 0 Å². The van der Waals surface area contributed by atoms with Gasteiger partial charge in [-0.25, -0.2) is 4.98 Å². The molecule has 0 saturated carbocycles. The number of anilines is 1. The van der Waals surface area contributed by atoms with Gasteiger partial charge in [-0.05, 0) is 12.8 Å². The fourth-order valence-corrected chi connectivity index (χ4v) is 3.35. The molecule has 2 rings (SSSR count). The van der Waals surface area contributed by atoms with Gasteiger partial charge in [0.2, 0.25) is 0 Å². The Morgan fingerprint density at radius 1 is 1.53 bits per heavy atom. The van der Waals surface area contributed by atoms with E-state index in [9.17, 15) is 0 Å². The van der Waals surface area contributed by atoms with Crippen LogP contribution in [0.3, 0.4) is 0 Å². The number of hydrogen-bond acceptors (Lipinski definition) is 5. The topological polar surface area (TPSA) is 37.4 Å². The van der Waals surface area contributed by atoms with E-state index in [1.165, 1.54) is 10.6 Å². The first kappa shape index (κ1) is 14.8. The highest BCUT2D eigenvalue weighted by Crippen LogP contribution is 2.29. The second-order valence-electron chi connectivity index (χ2n) is 5.38. The normalized spacial score (nSPS) is 19.3. The van der Waals surface area contributed by atoms with Crippen molar-refractivity contribution >= 4 is 16.5 Å². The third-order valence-electron chi connectivity index (χ3n) is 3.53. The summed E-state index contributed by atoms with van der Waals surface area (Å²) in [6, 6.07) is 0.998. The van der Waals surface area contributed by atoms with Crippen molar-refractivity contribution in [1.82, 2.24) is 10.3 Å². The maximum atomic E-state index is 5.46. The summed E-state index contributed by atoms with van der Waals surface area (Å²) in [6.07, 6.45) is 2.11. The van der Waals surface area contributed by atoms with Crippen molar-refractivity contribution in [3.63, 3.8) is 0 Å². The summed E-state index contributed by atoms with van der Waals surface area (Å²) in [5.41, 5.74) is 1.24. The van der Waals surface area contributed by atoms with Crippen LogP contribution in [-0.4, -0.2) is 37.3 Å². The van der Waals surface area contributed by atoms with Crippen LogP contribution in [0.5, 0.6) is 0 Å². The first-order valence-electron chi connectivity index (χ1n) is 7.14. The van der Waals surface area contributed by atoms with Crippen LogP contribution in [0.15, 0.2) is 0 Å². The molecule has 0 aromatic carbocycles. The summed E-state index contributed by atoms with van der Waals surface area (Å²) >= 11 is 1.82. The Labute approximate surface area is 120 Å². The largest absolute Gasteiger partial charge is 0.379 e. The third-order valence-corrected chi connectivity index (χ3v) is 4.72. The fraction of sp³-hybridized carbons (Fsp3) is 0.786. The van der Waals surface area contributed by atoms with E-state index in [-0.39, 0.29) is 0 Å². The Kier molecular flexibility index (Phi) is 5.19. The molecule has 1 N–H and O–H groups in total. The van der Waals surface area contributed by atoms with Gasteiger partial charge in [0, 0.05) is 31.1 Å². The molecule has 0 radical (unpaired) electrons. The average Bonchev–Trinajstić information content (AvgIpc) is 3.04. The van der Waals surface area contributed by atoms with Crippen LogP contribution < -0.4 is 10.2 Å². The summed E-state index contributed by atoms with van der Waals surface area (Å²) in [7, 11) is 2.14. The minimum absolute atomic E-state index is 0.488. The summed E-state index contributed by atoms with van der Waals surface area (Å²) in [5.74, 6) is 0. The Hall–Kier alpha value is -0.650. The lowest BCUT2D eigenvalue weighted by Crippen LogP contribution is -2.31. The smallest absolute Gasteiger partial charge is 0.185 e. The van der Waals surface area contributed by atoms with Crippen LogP contribution in [0.4, 0.5) is 5.13 Å². The number of aryl methyl sites for hydroxylation is 1. The monoisotopic (exact) mass is 283 g/mol. The third kappa shape index (κ3) is 3.68. The molecule has 1 aliphatic rings. The molecule has 1 unspecified atom stereocenters. The molecule has 108 valence electrons. The highest BCUT2D eigenvalue weighted by molar-refractivity contribution is 7.15. The molecule has 1 aromatic heterocycles. The Morgan fingerprint density at radius 2 is 2.32 bits per heavy atom. The van der Waals surface area contributed by atoms with Gasteiger partial charge >= 0.3 is 0 Å². The van der Waals surface area contributed by atoms with Crippen molar-refractivity contribution in [3.8, 4) is 0 Å². The van der Waals surface area contributed by atoms with Crippen LogP contribution in [0.1, 0.15) is 37.8 Å². The Balaban J connectivity index is 2.08. The molecule has 0 aliphatic carbocycles. The van der Waals surface area contributed by atoms with Gasteiger partial charge in [0.25, 0.3) is 0 Å². The number of nitrogens with one attached hydrogen (secondary N) is 1. The second kappa shape index (κ2) is 6.68. The number of thiazole rings is 1. The molecule has 0 bridgehead atoms. The predicted molar refractivity (Wildman–Crippen MR) is 81.1 cm³/mol. The number of likely N-dealkylation sites (N-methyl/N-ethyl adjacent to an activating group) is 1. The Bertz CT molecular complexity index is 399. The van der Waals surface area contributed by atoms with Gasteiger partial charge in [0.15, 0.2) is 5.13 Å². The molecule has 1 fully saturated rings. The molecule has 0 amide bonds. The quantitative estimate of drug-likeness (QED) is 0.870. The SMILES string of the molecule is CCc1nc(N(C)C2CCOC2)sc1CNC(C)C. The maximum absolute atomic E-state index is 5.46. The molecule has 5 heteroatoms.